The minimum Gasteiger partial charge on any atom is -0.377 e. The Morgan fingerprint density at radius 1 is 0.905 bits per heavy atom. The Morgan fingerprint density at radius 2 is 1.67 bits per heavy atom. The summed E-state index contributed by atoms with van der Waals surface area (Å²) in [5, 5.41) is 3.26. The van der Waals surface area contributed by atoms with Gasteiger partial charge in [-0.3, -0.25) is 0 Å². The Labute approximate surface area is 131 Å². The zero-order valence-corrected chi connectivity index (χ0v) is 12.8. The third-order valence-corrected chi connectivity index (χ3v) is 3.37. The average molecular weight is 341 g/mol. The average Bonchev–Trinajstić information content (AvgIpc) is 2.54. The first-order valence-corrected chi connectivity index (χ1v) is 7.33. The van der Waals surface area contributed by atoms with Crippen molar-refractivity contribution < 1.29 is 0 Å². The lowest BCUT2D eigenvalue weighted by molar-refractivity contribution is 1.02. The number of hydrogen-bond donors (Lipinski definition) is 1. The third-order valence-electron chi connectivity index (χ3n) is 2.93. The van der Waals surface area contributed by atoms with Crippen molar-refractivity contribution in [1.29, 1.82) is 0 Å². The first kappa shape index (κ1) is 13.7. The Balaban J connectivity index is 1.68. The number of nitrogens with one attached hydrogen (secondary N) is 1. The molecule has 0 saturated heterocycles. The molecule has 5 heteroatoms. The number of rotatable bonds is 4. The highest BCUT2D eigenvalue weighted by Gasteiger charge is 2.01. The van der Waals surface area contributed by atoms with Crippen LogP contribution in [0.2, 0.25) is 0 Å². The Hall–Kier alpha value is -2.27. The molecule has 0 aliphatic heterocycles. The van der Waals surface area contributed by atoms with Gasteiger partial charge in [0, 0.05) is 5.56 Å². The van der Waals surface area contributed by atoms with Crippen LogP contribution in [0.4, 0.5) is 5.69 Å². The molecule has 0 aliphatic carbocycles. The van der Waals surface area contributed by atoms with Crippen LogP contribution in [0.5, 0.6) is 0 Å². The second-order valence-corrected chi connectivity index (χ2v) is 5.28. The molecule has 104 valence electrons. The molecule has 0 fully saturated rings. The van der Waals surface area contributed by atoms with Crippen molar-refractivity contribution in [3.8, 4) is 11.4 Å². The Morgan fingerprint density at radius 3 is 2.38 bits per heavy atom. The third kappa shape index (κ3) is 3.64. The first-order valence-electron chi connectivity index (χ1n) is 6.54. The van der Waals surface area contributed by atoms with Crippen molar-refractivity contribution in [3.05, 3.63) is 71.2 Å². The minimum absolute atomic E-state index is 0.632. The molecular formula is C16H13BrN4. The molecule has 0 spiro atoms. The summed E-state index contributed by atoms with van der Waals surface area (Å²) in [6, 6.07) is 15.8. The quantitative estimate of drug-likeness (QED) is 0.731. The highest BCUT2D eigenvalue weighted by atomic mass is 79.9. The fourth-order valence-electron chi connectivity index (χ4n) is 1.90. The fourth-order valence-corrected chi connectivity index (χ4v) is 2.28. The van der Waals surface area contributed by atoms with Crippen LogP contribution in [0, 0.1) is 0 Å². The molecule has 0 unspecified atom stereocenters. The van der Waals surface area contributed by atoms with Crippen LogP contribution in [0.25, 0.3) is 11.4 Å². The lowest BCUT2D eigenvalue weighted by Crippen LogP contribution is -2.02. The monoisotopic (exact) mass is 340 g/mol. The molecule has 0 amide bonds. The van der Waals surface area contributed by atoms with Crippen molar-refractivity contribution in [2.75, 3.05) is 5.32 Å². The second-order valence-electron chi connectivity index (χ2n) is 4.47. The predicted molar refractivity (Wildman–Crippen MR) is 86.7 cm³/mol. The van der Waals surface area contributed by atoms with Crippen molar-refractivity contribution in [2.24, 2.45) is 0 Å². The van der Waals surface area contributed by atoms with E-state index in [-0.39, 0.29) is 0 Å². The molecule has 21 heavy (non-hydrogen) atoms. The Kier molecular flexibility index (Phi) is 4.21. The molecule has 3 aromatic rings. The molecule has 3 rings (SSSR count). The first-order chi connectivity index (χ1) is 10.3. The molecule has 1 aromatic carbocycles. The van der Waals surface area contributed by atoms with Gasteiger partial charge in [-0.15, -0.1) is 0 Å². The number of halogens is 1. The van der Waals surface area contributed by atoms with Gasteiger partial charge in [-0.25, -0.2) is 15.0 Å². The van der Waals surface area contributed by atoms with Gasteiger partial charge in [0.05, 0.1) is 30.3 Å². The summed E-state index contributed by atoms with van der Waals surface area (Å²) < 4.78 is 0.831. The molecule has 2 aromatic heterocycles. The molecule has 0 saturated carbocycles. The van der Waals surface area contributed by atoms with Crippen LogP contribution >= 0.6 is 15.9 Å². The van der Waals surface area contributed by atoms with Crippen LogP contribution in [0.3, 0.4) is 0 Å². The van der Waals surface area contributed by atoms with Gasteiger partial charge in [-0.05, 0) is 28.1 Å². The summed E-state index contributed by atoms with van der Waals surface area (Å²) >= 11 is 3.36. The smallest absolute Gasteiger partial charge is 0.159 e. The molecular weight excluding hydrogens is 328 g/mol. The number of pyridine rings is 1. The van der Waals surface area contributed by atoms with E-state index in [2.05, 4.69) is 36.2 Å². The number of anilines is 1. The van der Waals surface area contributed by atoms with E-state index in [1.54, 1.807) is 12.4 Å². The molecule has 0 aliphatic rings. The lowest BCUT2D eigenvalue weighted by atomic mass is 10.2. The van der Waals surface area contributed by atoms with Crippen molar-refractivity contribution >= 4 is 21.6 Å². The standard InChI is InChI=1S/C16H13BrN4/c17-15-8-4-7-13(21-15)9-18-14-10-19-16(20-11-14)12-5-2-1-3-6-12/h1-8,10-11,18H,9H2. The largest absolute Gasteiger partial charge is 0.377 e. The SMILES string of the molecule is Brc1cccc(CNc2cnc(-c3ccccc3)nc2)n1. The van der Waals surface area contributed by atoms with E-state index in [0.29, 0.717) is 6.54 Å². The van der Waals surface area contributed by atoms with Crippen molar-refractivity contribution in [2.45, 2.75) is 6.54 Å². The van der Waals surface area contributed by atoms with E-state index in [4.69, 9.17) is 0 Å². The van der Waals surface area contributed by atoms with Crippen LogP contribution in [0.1, 0.15) is 5.69 Å². The maximum Gasteiger partial charge on any atom is 0.159 e. The van der Waals surface area contributed by atoms with E-state index in [1.807, 2.05) is 48.5 Å². The molecule has 0 radical (unpaired) electrons. The van der Waals surface area contributed by atoms with Gasteiger partial charge in [0.15, 0.2) is 5.82 Å². The molecule has 0 atom stereocenters. The van der Waals surface area contributed by atoms with Gasteiger partial charge in [0.2, 0.25) is 0 Å². The van der Waals surface area contributed by atoms with E-state index < -0.39 is 0 Å². The van der Waals surface area contributed by atoms with Crippen LogP contribution in [0.15, 0.2) is 65.5 Å². The van der Waals surface area contributed by atoms with E-state index >= 15 is 0 Å². The number of benzene rings is 1. The highest BCUT2D eigenvalue weighted by molar-refractivity contribution is 9.10. The predicted octanol–water partition coefficient (Wildman–Crippen LogP) is 3.91. The number of nitrogens with zero attached hydrogens (tertiary/aromatic N) is 3. The van der Waals surface area contributed by atoms with E-state index in [0.717, 1.165) is 27.4 Å². The topological polar surface area (TPSA) is 50.7 Å². The zero-order valence-electron chi connectivity index (χ0n) is 11.2. The minimum atomic E-state index is 0.632. The van der Waals surface area contributed by atoms with Crippen LogP contribution in [-0.4, -0.2) is 15.0 Å². The molecule has 4 nitrogen and oxygen atoms in total. The van der Waals surface area contributed by atoms with E-state index in [1.165, 1.54) is 0 Å². The molecule has 2 heterocycles. The summed E-state index contributed by atoms with van der Waals surface area (Å²) in [4.78, 5) is 13.1. The highest BCUT2D eigenvalue weighted by Crippen LogP contribution is 2.15. The number of hydrogen-bond acceptors (Lipinski definition) is 4. The van der Waals surface area contributed by atoms with Crippen molar-refractivity contribution in [1.82, 2.24) is 15.0 Å². The van der Waals surface area contributed by atoms with Gasteiger partial charge >= 0.3 is 0 Å². The zero-order chi connectivity index (χ0) is 14.5. The van der Waals surface area contributed by atoms with Crippen molar-refractivity contribution in [3.63, 3.8) is 0 Å². The van der Waals surface area contributed by atoms with Gasteiger partial charge in [-0.1, -0.05) is 36.4 Å². The van der Waals surface area contributed by atoms with Gasteiger partial charge in [0.25, 0.3) is 0 Å². The molecule has 1 N–H and O–H groups in total. The maximum atomic E-state index is 4.38. The fraction of sp³-hybridized carbons (Fsp3) is 0.0625. The van der Waals surface area contributed by atoms with Gasteiger partial charge in [-0.2, -0.15) is 0 Å². The normalized spacial score (nSPS) is 10.3. The Bertz CT molecular complexity index is 714. The van der Waals surface area contributed by atoms with Gasteiger partial charge in [0.1, 0.15) is 4.60 Å². The second kappa shape index (κ2) is 6.45. The van der Waals surface area contributed by atoms with Crippen LogP contribution in [-0.2, 0) is 6.54 Å². The van der Waals surface area contributed by atoms with Crippen LogP contribution < -0.4 is 5.32 Å². The van der Waals surface area contributed by atoms with E-state index in [9.17, 15) is 0 Å². The summed E-state index contributed by atoms with van der Waals surface area (Å²) in [7, 11) is 0. The maximum absolute atomic E-state index is 4.38. The lowest BCUT2D eigenvalue weighted by Gasteiger charge is -2.06. The summed E-state index contributed by atoms with van der Waals surface area (Å²) in [6.07, 6.45) is 3.57. The summed E-state index contributed by atoms with van der Waals surface area (Å²) in [5.74, 6) is 0.724. The summed E-state index contributed by atoms with van der Waals surface area (Å²) in [5.41, 5.74) is 2.84. The van der Waals surface area contributed by atoms with Gasteiger partial charge < -0.3 is 5.32 Å². The molecule has 0 bridgehead atoms. The number of aromatic nitrogens is 3. The summed E-state index contributed by atoms with van der Waals surface area (Å²) in [6.45, 7) is 0.632.